The topological polar surface area (TPSA) is 109 Å². The number of carbonyl (C=O) groups excluding carboxylic acids is 2. The number of ether oxygens (including phenoxy) is 2. The summed E-state index contributed by atoms with van der Waals surface area (Å²) in [5, 5.41) is 6.39. The smallest absolute Gasteiger partial charge is 0.414 e. The van der Waals surface area contributed by atoms with Crippen molar-refractivity contribution in [2.75, 3.05) is 61.1 Å². The van der Waals surface area contributed by atoms with Crippen LogP contribution in [0.15, 0.2) is 47.5 Å². The van der Waals surface area contributed by atoms with E-state index in [1.807, 2.05) is 36.4 Å². The Morgan fingerprint density at radius 2 is 2.08 bits per heavy atom. The van der Waals surface area contributed by atoms with Crippen molar-refractivity contribution >= 4 is 51.9 Å². The van der Waals surface area contributed by atoms with Gasteiger partial charge in [-0.05, 0) is 30.3 Å². The minimum Gasteiger partial charge on any atom is -0.481 e. The molecule has 2 aromatic heterocycles. The molecule has 10 nitrogen and oxygen atoms in total. The van der Waals surface area contributed by atoms with E-state index in [1.54, 1.807) is 18.2 Å². The van der Waals surface area contributed by atoms with Gasteiger partial charge in [-0.15, -0.1) is 11.8 Å². The zero-order valence-electron chi connectivity index (χ0n) is 19.8. The average Bonchev–Trinajstić information content (AvgIpc) is 3.24. The van der Waals surface area contributed by atoms with Crippen molar-refractivity contribution in [1.29, 1.82) is 0 Å². The van der Waals surface area contributed by atoms with E-state index in [0.717, 1.165) is 52.6 Å². The van der Waals surface area contributed by atoms with Gasteiger partial charge in [-0.2, -0.15) is 0 Å². The number of fused-ring (bicyclic) bond motifs is 2. The molecule has 1 unspecified atom stereocenters. The van der Waals surface area contributed by atoms with E-state index in [1.165, 1.54) is 11.8 Å². The standard InChI is InChI=1S/C25H26N6O4S/c1-34-23-5-3-18-24(29-23)19(6-7-26-18)27-9-15-10-30(11-15)12-17-13-31(25(33)35-17)16-2-4-21-20(8-16)28-22(32)14-36-21/h2-8,15,17H,9-14H2,1H3,(H,26,27)(H,28,32). The summed E-state index contributed by atoms with van der Waals surface area (Å²) < 4.78 is 10.9. The van der Waals surface area contributed by atoms with E-state index in [4.69, 9.17) is 9.47 Å². The van der Waals surface area contributed by atoms with Gasteiger partial charge in [0.25, 0.3) is 0 Å². The number of benzene rings is 1. The molecule has 11 heteroatoms. The number of aromatic nitrogens is 2. The number of hydrogen-bond donors (Lipinski definition) is 2. The quantitative estimate of drug-likeness (QED) is 0.500. The van der Waals surface area contributed by atoms with E-state index >= 15 is 0 Å². The molecule has 2 N–H and O–H groups in total. The van der Waals surface area contributed by atoms with Crippen LogP contribution in [0.1, 0.15) is 0 Å². The van der Waals surface area contributed by atoms with Gasteiger partial charge in [-0.25, -0.2) is 9.78 Å². The number of amides is 2. The van der Waals surface area contributed by atoms with Gasteiger partial charge in [0, 0.05) is 54.9 Å². The SMILES string of the molecule is COc1ccc2nccc(NCC3CN(CC4CN(c5ccc6c(c5)NC(=O)CS6)C(=O)O4)C3)c2n1. The maximum Gasteiger partial charge on any atom is 0.414 e. The van der Waals surface area contributed by atoms with Gasteiger partial charge in [-0.3, -0.25) is 19.6 Å². The second-order valence-corrected chi connectivity index (χ2v) is 10.2. The van der Waals surface area contributed by atoms with E-state index in [2.05, 4.69) is 25.5 Å². The molecule has 1 aromatic carbocycles. The molecule has 3 aliphatic heterocycles. The number of hydrogen-bond acceptors (Lipinski definition) is 9. The van der Waals surface area contributed by atoms with Crippen molar-refractivity contribution in [1.82, 2.24) is 14.9 Å². The second-order valence-electron chi connectivity index (χ2n) is 9.18. The third-order valence-corrected chi connectivity index (χ3v) is 7.70. The van der Waals surface area contributed by atoms with Crippen LogP contribution in [0.5, 0.6) is 5.88 Å². The predicted molar refractivity (Wildman–Crippen MR) is 138 cm³/mol. The zero-order valence-corrected chi connectivity index (χ0v) is 20.6. The first-order valence-electron chi connectivity index (χ1n) is 11.9. The second kappa shape index (κ2) is 9.47. The lowest BCUT2D eigenvalue weighted by molar-refractivity contribution is -0.113. The Morgan fingerprint density at radius 3 is 2.94 bits per heavy atom. The Labute approximate surface area is 212 Å². The molecule has 3 aliphatic rings. The summed E-state index contributed by atoms with van der Waals surface area (Å²) >= 11 is 1.50. The third-order valence-electron chi connectivity index (χ3n) is 6.63. The highest BCUT2D eigenvalue weighted by atomic mass is 32.2. The number of nitrogens with one attached hydrogen (secondary N) is 2. The van der Waals surface area contributed by atoms with Crippen LogP contribution in [0.4, 0.5) is 21.9 Å². The van der Waals surface area contributed by atoms with Crippen LogP contribution in [-0.4, -0.2) is 78.6 Å². The molecular weight excluding hydrogens is 480 g/mol. The lowest BCUT2D eigenvalue weighted by atomic mass is 9.99. The molecule has 6 rings (SSSR count). The largest absolute Gasteiger partial charge is 0.481 e. The first-order valence-corrected chi connectivity index (χ1v) is 12.8. The lowest BCUT2D eigenvalue weighted by Gasteiger charge is -2.40. The number of anilines is 3. The molecule has 0 aliphatic carbocycles. The van der Waals surface area contributed by atoms with Gasteiger partial charge < -0.3 is 20.1 Å². The molecule has 2 amide bonds. The summed E-state index contributed by atoms with van der Waals surface area (Å²) in [7, 11) is 1.60. The highest BCUT2D eigenvalue weighted by molar-refractivity contribution is 8.00. The number of thioether (sulfide) groups is 1. The molecule has 0 bridgehead atoms. The fraction of sp³-hybridized carbons (Fsp3) is 0.360. The van der Waals surface area contributed by atoms with Crippen molar-refractivity contribution in [2.24, 2.45) is 5.92 Å². The predicted octanol–water partition coefficient (Wildman–Crippen LogP) is 3.05. The van der Waals surface area contributed by atoms with Gasteiger partial charge in [0.05, 0.1) is 36.3 Å². The highest BCUT2D eigenvalue weighted by Crippen LogP contribution is 2.35. The maximum atomic E-state index is 12.5. The molecule has 1 atom stereocenters. The molecule has 36 heavy (non-hydrogen) atoms. The number of carbonyl (C=O) groups is 2. The van der Waals surface area contributed by atoms with Gasteiger partial charge >= 0.3 is 6.09 Å². The van der Waals surface area contributed by atoms with Crippen molar-refractivity contribution in [3.8, 4) is 5.88 Å². The normalized spacial score (nSPS) is 20.0. The van der Waals surface area contributed by atoms with Crippen LogP contribution < -0.4 is 20.3 Å². The fourth-order valence-electron chi connectivity index (χ4n) is 4.83. The van der Waals surface area contributed by atoms with Crippen LogP contribution in [0, 0.1) is 5.92 Å². The molecule has 5 heterocycles. The van der Waals surface area contributed by atoms with Gasteiger partial charge in [0.2, 0.25) is 11.8 Å². The molecule has 186 valence electrons. The Kier molecular flexibility index (Phi) is 6.02. The molecule has 3 aromatic rings. The van der Waals surface area contributed by atoms with Crippen LogP contribution in [-0.2, 0) is 9.53 Å². The van der Waals surface area contributed by atoms with Gasteiger partial charge in [0.15, 0.2) is 0 Å². The van der Waals surface area contributed by atoms with E-state index in [-0.39, 0.29) is 18.1 Å². The number of rotatable bonds is 7. The molecule has 2 saturated heterocycles. The van der Waals surface area contributed by atoms with Crippen LogP contribution in [0.25, 0.3) is 11.0 Å². The van der Waals surface area contributed by atoms with Crippen molar-refractivity contribution in [3.63, 3.8) is 0 Å². The molecule has 2 fully saturated rings. The Balaban J connectivity index is 1.01. The van der Waals surface area contributed by atoms with Crippen molar-refractivity contribution in [3.05, 3.63) is 42.6 Å². The summed E-state index contributed by atoms with van der Waals surface area (Å²) in [4.78, 5) is 38.1. The summed E-state index contributed by atoms with van der Waals surface area (Å²) in [6.45, 7) is 3.89. The first kappa shape index (κ1) is 22.9. The van der Waals surface area contributed by atoms with Gasteiger partial charge in [-0.1, -0.05) is 0 Å². The molecule has 0 spiro atoms. The van der Waals surface area contributed by atoms with E-state index in [0.29, 0.717) is 30.6 Å². The van der Waals surface area contributed by atoms with Crippen LogP contribution >= 0.6 is 11.8 Å². The first-order chi connectivity index (χ1) is 17.6. The lowest BCUT2D eigenvalue weighted by Crippen LogP contribution is -2.52. The Bertz CT molecular complexity index is 1330. The number of pyridine rings is 2. The fourth-order valence-corrected chi connectivity index (χ4v) is 5.62. The molecular formula is C25H26N6O4S. The summed E-state index contributed by atoms with van der Waals surface area (Å²) in [6, 6.07) is 11.3. The number of likely N-dealkylation sites (tertiary alicyclic amines) is 1. The highest BCUT2D eigenvalue weighted by Gasteiger charge is 2.37. The van der Waals surface area contributed by atoms with Crippen LogP contribution in [0.3, 0.4) is 0 Å². The Hall–Kier alpha value is -3.57. The number of methoxy groups -OCH3 is 1. The van der Waals surface area contributed by atoms with Gasteiger partial charge in [0.1, 0.15) is 11.6 Å². The number of cyclic esters (lactones) is 1. The maximum absolute atomic E-state index is 12.5. The summed E-state index contributed by atoms with van der Waals surface area (Å²) in [5.41, 5.74) is 4.05. The van der Waals surface area contributed by atoms with E-state index < -0.39 is 0 Å². The minimum atomic E-state index is -0.346. The minimum absolute atomic E-state index is 0.0264. The van der Waals surface area contributed by atoms with Crippen molar-refractivity contribution in [2.45, 2.75) is 11.0 Å². The Morgan fingerprint density at radius 1 is 1.19 bits per heavy atom. The summed E-state index contributed by atoms with van der Waals surface area (Å²) in [6.07, 6.45) is 1.25. The average molecular weight is 507 g/mol. The van der Waals surface area contributed by atoms with Crippen molar-refractivity contribution < 1.29 is 19.1 Å². The molecule has 0 saturated carbocycles. The van der Waals surface area contributed by atoms with Crippen LogP contribution in [0.2, 0.25) is 0 Å². The summed E-state index contributed by atoms with van der Waals surface area (Å²) in [5.74, 6) is 1.44. The zero-order chi connectivity index (χ0) is 24.6. The third kappa shape index (κ3) is 4.51. The number of nitrogens with zero attached hydrogens (tertiary/aromatic N) is 4. The molecule has 0 radical (unpaired) electrons. The monoisotopic (exact) mass is 506 g/mol. The van der Waals surface area contributed by atoms with E-state index in [9.17, 15) is 9.59 Å².